The Bertz CT molecular complexity index is 1100. The first-order chi connectivity index (χ1) is 16.0. The molecule has 170 valence electrons. The number of nitrogens with one attached hydrogen (secondary N) is 3. The molecule has 0 spiro atoms. The molecule has 6 heteroatoms. The Balaban J connectivity index is 1.47. The van der Waals surface area contributed by atoms with Crippen LogP contribution in [0.4, 0.5) is 5.69 Å². The van der Waals surface area contributed by atoms with Gasteiger partial charge in [0.15, 0.2) is 0 Å². The summed E-state index contributed by atoms with van der Waals surface area (Å²) >= 11 is 0. The maximum absolute atomic E-state index is 12.7. The molecular formula is C27H29N3O3. The molecule has 0 fully saturated rings. The first kappa shape index (κ1) is 23.7. The fraction of sp³-hybridized carbons (Fsp3) is 0.222. The topological polar surface area (TPSA) is 87.3 Å². The maximum Gasteiger partial charge on any atom is 0.313 e. The molecule has 6 nitrogen and oxygen atoms in total. The van der Waals surface area contributed by atoms with Gasteiger partial charge in [-0.3, -0.25) is 14.4 Å². The molecule has 0 aliphatic heterocycles. The molecule has 3 N–H and O–H groups in total. The van der Waals surface area contributed by atoms with Crippen LogP contribution in [0.3, 0.4) is 0 Å². The highest BCUT2D eigenvalue weighted by molar-refractivity contribution is 6.40. The van der Waals surface area contributed by atoms with E-state index in [1.165, 1.54) is 5.56 Å². The van der Waals surface area contributed by atoms with Crippen LogP contribution in [0.5, 0.6) is 0 Å². The third-order valence-corrected chi connectivity index (χ3v) is 5.35. The molecule has 0 atom stereocenters. The molecule has 0 aliphatic carbocycles. The highest BCUT2D eigenvalue weighted by Gasteiger charge is 2.17. The number of aryl methyl sites for hydroxylation is 2. The van der Waals surface area contributed by atoms with Gasteiger partial charge in [-0.1, -0.05) is 66.7 Å². The predicted molar refractivity (Wildman–Crippen MR) is 130 cm³/mol. The lowest BCUT2D eigenvalue weighted by molar-refractivity contribution is -0.136. The van der Waals surface area contributed by atoms with Gasteiger partial charge in [-0.15, -0.1) is 0 Å². The lowest BCUT2D eigenvalue weighted by Gasteiger charge is -2.12. The Kier molecular flexibility index (Phi) is 8.77. The van der Waals surface area contributed by atoms with E-state index < -0.39 is 11.8 Å². The number of carbonyl (C=O) groups excluding carboxylic acids is 3. The molecule has 3 amide bonds. The number of para-hydroxylation sites is 1. The molecule has 0 heterocycles. The van der Waals surface area contributed by atoms with Crippen molar-refractivity contribution in [1.82, 2.24) is 10.6 Å². The second kappa shape index (κ2) is 12.2. The lowest BCUT2D eigenvalue weighted by atomic mass is 10.1. The fourth-order valence-electron chi connectivity index (χ4n) is 3.43. The van der Waals surface area contributed by atoms with Crippen molar-refractivity contribution in [3.8, 4) is 0 Å². The highest BCUT2D eigenvalue weighted by Crippen LogP contribution is 2.15. The second-order valence-electron chi connectivity index (χ2n) is 7.81. The predicted octanol–water partition coefficient (Wildman–Crippen LogP) is 4.00. The summed E-state index contributed by atoms with van der Waals surface area (Å²) in [5.74, 6) is -1.84. The van der Waals surface area contributed by atoms with Crippen molar-refractivity contribution in [2.75, 3.05) is 11.9 Å². The molecule has 0 saturated heterocycles. The van der Waals surface area contributed by atoms with Gasteiger partial charge in [0, 0.05) is 13.1 Å². The summed E-state index contributed by atoms with van der Waals surface area (Å²) in [6, 6.07) is 24.6. The molecular weight excluding hydrogens is 414 g/mol. The number of carbonyl (C=O) groups is 3. The molecule has 0 radical (unpaired) electrons. The summed E-state index contributed by atoms with van der Waals surface area (Å²) in [5, 5.41) is 8.06. The molecule has 33 heavy (non-hydrogen) atoms. The smallest absolute Gasteiger partial charge is 0.313 e. The summed E-state index contributed by atoms with van der Waals surface area (Å²) in [5.41, 5.74) is 3.94. The van der Waals surface area contributed by atoms with Gasteiger partial charge in [0.25, 0.3) is 5.91 Å². The summed E-state index contributed by atoms with van der Waals surface area (Å²) in [4.78, 5) is 37.2. The zero-order valence-corrected chi connectivity index (χ0v) is 18.8. The Labute approximate surface area is 194 Å². The minimum absolute atomic E-state index is 0.295. The van der Waals surface area contributed by atoms with Crippen LogP contribution < -0.4 is 16.0 Å². The van der Waals surface area contributed by atoms with Crippen LogP contribution >= 0.6 is 0 Å². The van der Waals surface area contributed by atoms with Gasteiger partial charge in [-0.25, -0.2) is 0 Å². The number of benzene rings is 3. The van der Waals surface area contributed by atoms with Crippen LogP contribution in [0.2, 0.25) is 0 Å². The van der Waals surface area contributed by atoms with E-state index in [1.807, 2.05) is 49.4 Å². The van der Waals surface area contributed by atoms with E-state index in [1.54, 1.807) is 24.3 Å². The molecule has 0 aliphatic rings. The fourth-order valence-corrected chi connectivity index (χ4v) is 3.43. The van der Waals surface area contributed by atoms with Crippen LogP contribution in [0.1, 0.15) is 39.9 Å². The third-order valence-electron chi connectivity index (χ3n) is 5.35. The van der Waals surface area contributed by atoms with E-state index in [0.717, 1.165) is 30.4 Å². The normalized spacial score (nSPS) is 10.3. The number of rotatable bonds is 9. The van der Waals surface area contributed by atoms with Crippen LogP contribution in [0.15, 0.2) is 78.9 Å². The average molecular weight is 444 g/mol. The zero-order chi connectivity index (χ0) is 23.5. The van der Waals surface area contributed by atoms with Gasteiger partial charge in [0.05, 0.1) is 11.3 Å². The van der Waals surface area contributed by atoms with E-state index in [2.05, 4.69) is 28.1 Å². The molecule has 0 unspecified atom stereocenters. The standard InChI is InChI=1S/C27H29N3O3/c1-20-11-5-6-15-22(20)19-29-25(31)23-16-7-8-17-24(23)30-27(33)26(32)28-18-10-9-14-21-12-3-2-4-13-21/h2-8,11-13,15-17H,9-10,14,18-19H2,1H3,(H,28,32)(H,29,31)(H,30,33). The van der Waals surface area contributed by atoms with Gasteiger partial charge >= 0.3 is 11.8 Å². The van der Waals surface area contributed by atoms with Crippen molar-refractivity contribution >= 4 is 23.4 Å². The van der Waals surface area contributed by atoms with Crippen molar-refractivity contribution in [1.29, 1.82) is 0 Å². The monoisotopic (exact) mass is 443 g/mol. The number of unbranched alkanes of at least 4 members (excludes halogenated alkanes) is 1. The summed E-state index contributed by atoms with van der Waals surface area (Å²) in [7, 11) is 0. The SMILES string of the molecule is Cc1ccccc1CNC(=O)c1ccccc1NC(=O)C(=O)NCCCCc1ccccc1. The quantitative estimate of drug-likeness (QED) is 0.345. The molecule has 0 bridgehead atoms. The van der Waals surface area contributed by atoms with Crippen molar-refractivity contribution < 1.29 is 14.4 Å². The van der Waals surface area contributed by atoms with Gasteiger partial charge in [0.1, 0.15) is 0 Å². The molecule has 3 rings (SSSR count). The Hall–Kier alpha value is -3.93. The maximum atomic E-state index is 12.7. The van der Waals surface area contributed by atoms with E-state index in [4.69, 9.17) is 0 Å². The third kappa shape index (κ3) is 7.31. The number of hydrogen-bond acceptors (Lipinski definition) is 3. The van der Waals surface area contributed by atoms with E-state index in [0.29, 0.717) is 24.3 Å². The van der Waals surface area contributed by atoms with E-state index >= 15 is 0 Å². The van der Waals surface area contributed by atoms with Crippen LogP contribution in [-0.2, 0) is 22.6 Å². The summed E-state index contributed by atoms with van der Waals surface area (Å²) in [6.07, 6.45) is 2.61. The minimum Gasteiger partial charge on any atom is -0.348 e. The molecule has 0 saturated carbocycles. The number of hydrogen-bond donors (Lipinski definition) is 3. The first-order valence-corrected chi connectivity index (χ1v) is 11.1. The minimum atomic E-state index is -0.794. The van der Waals surface area contributed by atoms with E-state index in [-0.39, 0.29) is 5.91 Å². The number of amides is 3. The van der Waals surface area contributed by atoms with Crippen LogP contribution in [0, 0.1) is 6.92 Å². The van der Waals surface area contributed by atoms with Crippen molar-refractivity contribution in [2.45, 2.75) is 32.7 Å². The largest absolute Gasteiger partial charge is 0.348 e. The summed E-state index contributed by atoms with van der Waals surface area (Å²) < 4.78 is 0. The van der Waals surface area contributed by atoms with Crippen molar-refractivity contribution in [2.24, 2.45) is 0 Å². The zero-order valence-electron chi connectivity index (χ0n) is 18.8. The van der Waals surface area contributed by atoms with Gasteiger partial charge in [0.2, 0.25) is 0 Å². The van der Waals surface area contributed by atoms with Crippen molar-refractivity contribution in [3.05, 3.63) is 101 Å². The molecule has 3 aromatic rings. The summed E-state index contributed by atoms with van der Waals surface area (Å²) in [6.45, 7) is 2.77. The second-order valence-corrected chi connectivity index (χ2v) is 7.81. The lowest BCUT2D eigenvalue weighted by Crippen LogP contribution is -2.36. The van der Waals surface area contributed by atoms with Crippen LogP contribution in [0.25, 0.3) is 0 Å². The molecule has 0 aromatic heterocycles. The Morgan fingerprint density at radius 2 is 1.42 bits per heavy atom. The Morgan fingerprint density at radius 3 is 2.21 bits per heavy atom. The van der Waals surface area contributed by atoms with Crippen molar-refractivity contribution in [3.63, 3.8) is 0 Å². The van der Waals surface area contributed by atoms with Gasteiger partial charge < -0.3 is 16.0 Å². The first-order valence-electron chi connectivity index (χ1n) is 11.1. The van der Waals surface area contributed by atoms with Gasteiger partial charge in [-0.2, -0.15) is 0 Å². The van der Waals surface area contributed by atoms with Gasteiger partial charge in [-0.05, 0) is 55.0 Å². The number of anilines is 1. The van der Waals surface area contributed by atoms with E-state index in [9.17, 15) is 14.4 Å². The molecule has 3 aromatic carbocycles. The highest BCUT2D eigenvalue weighted by atomic mass is 16.2. The Morgan fingerprint density at radius 1 is 0.727 bits per heavy atom. The average Bonchev–Trinajstić information content (AvgIpc) is 2.84. The van der Waals surface area contributed by atoms with Crippen LogP contribution in [-0.4, -0.2) is 24.3 Å².